The standard InChI is InChI=1S/C17H26INO/c1-13(14-4-6-15(18)7-5-14)19-12-17(20)10-8-16(2,3)9-11-17/h4-7,13,19-20H,8-12H2,1-3H3. The van der Waals surface area contributed by atoms with Crippen molar-refractivity contribution >= 4 is 22.6 Å². The van der Waals surface area contributed by atoms with Gasteiger partial charge >= 0.3 is 0 Å². The van der Waals surface area contributed by atoms with Gasteiger partial charge in [-0.05, 0) is 78.3 Å². The van der Waals surface area contributed by atoms with Crippen molar-refractivity contribution in [3.63, 3.8) is 0 Å². The van der Waals surface area contributed by atoms with Crippen LogP contribution in [0.25, 0.3) is 0 Å². The predicted octanol–water partition coefficient (Wildman–Crippen LogP) is 4.27. The van der Waals surface area contributed by atoms with Gasteiger partial charge in [0.1, 0.15) is 0 Å². The topological polar surface area (TPSA) is 32.3 Å². The minimum Gasteiger partial charge on any atom is -0.389 e. The zero-order chi connectivity index (χ0) is 14.8. The number of benzene rings is 1. The number of nitrogens with one attached hydrogen (secondary N) is 1. The van der Waals surface area contributed by atoms with Gasteiger partial charge in [0.15, 0.2) is 0 Å². The first-order valence-corrected chi connectivity index (χ1v) is 8.59. The van der Waals surface area contributed by atoms with E-state index in [1.54, 1.807) is 0 Å². The van der Waals surface area contributed by atoms with Crippen LogP contribution < -0.4 is 5.32 Å². The fourth-order valence-electron chi connectivity index (χ4n) is 2.78. The molecule has 1 aromatic rings. The summed E-state index contributed by atoms with van der Waals surface area (Å²) in [5.74, 6) is 0. The summed E-state index contributed by atoms with van der Waals surface area (Å²) in [5.41, 5.74) is 1.16. The average Bonchev–Trinajstić information content (AvgIpc) is 2.41. The zero-order valence-corrected chi connectivity index (χ0v) is 14.9. The normalized spacial score (nSPS) is 22.4. The maximum atomic E-state index is 10.7. The lowest BCUT2D eigenvalue weighted by atomic mass is 9.71. The second-order valence-electron chi connectivity index (χ2n) is 7.04. The summed E-state index contributed by atoms with van der Waals surface area (Å²) in [6.07, 6.45) is 4.05. The number of rotatable bonds is 4. The van der Waals surface area contributed by atoms with Crippen LogP contribution in [-0.2, 0) is 0 Å². The fourth-order valence-corrected chi connectivity index (χ4v) is 3.14. The Kier molecular flexibility index (Phi) is 5.14. The molecule has 1 unspecified atom stereocenters. The summed E-state index contributed by atoms with van der Waals surface area (Å²) in [6.45, 7) is 7.46. The highest BCUT2D eigenvalue weighted by atomic mass is 127. The molecule has 1 fully saturated rings. The van der Waals surface area contributed by atoms with Crippen molar-refractivity contribution in [1.29, 1.82) is 0 Å². The molecule has 0 amide bonds. The molecule has 2 nitrogen and oxygen atoms in total. The zero-order valence-electron chi connectivity index (χ0n) is 12.7. The summed E-state index contributed by atoms with van der Waals surface area (Å²) in [4.78, 5) is 0. The molecule has 1 aliphatic carbocycles. The molecule has 0 aliphatic heterocycles. The van der Waals surface area contributed by atoms with Gasteiger partial charge < -0.3 is 10.4 Å². The Morgan fingerprint density at radius 2 is 1.70 bits per heavy atom. The molecule has 1 saturated carbocycles. The summed E-state index contributed by atoms with van der Waals surface area (Å²) in [7, 11) is 0. The molecule has 0 aromatic heterocycles. The molecule has 3 heteroatoms. The summed E-state index contributed by atoms with van der Waals surface area (Å²) >= 11 is 2.32. The second-order valence-corrected chi connectivity index (χ2v) is 8.29. The van der Waals surface area contributed by atoms with Crippen molar-refractivity contribution < 1.29 is 5.11 Å². The van der Waals surface area contributed by atoms with E-state index in [0.717, 1.165) is 25.7 Å². The number of aliphatic hydroxyl groups is 1. The van der Waals surface area contributed by atoms with Crippen LogP contribution in [0.3, 0.4) is 0 Å². The van der Waals surface area contributed by atoms with E-state index >= 15 is 0 Å². The van der Waals surface area contributed by atoms with Gasteiger partial charge in [-0.3, -0.25) is 0 Å². The number of hydrogen-bond donors (Lipinski definition) is 2. The SMILES string of the molecule is CC(NCC1(O)CCC(C)(C)CC1)c1ccc(I)cc1. The van der Waals surface area contributed by atoms with Gasteiger partial charge in [-0.25, -0.2) is 0 Å². The highest BCUT2D eigenvalue weighted by Crippen LogP contribution is 2.40. The molecule has 0 radical (unpaired) electrons. The van der Waals surface area contributed by atoms with Crippen molar-refractivity contribution in [2.24, 2.45) is 5.41 Å². The van der Waals surface area contributed by atoms with E-state index in [1.165, 1.54) is 9.13 Å². The highest BCUT2D eigenvalue weighted by molar-refractivity contribution is 14.1. The first-order chi connectivity index (χ1) is 9.30. The molecular formula is C17H26INO. The molecule has 0 spiro atoms. The minimum absolute atomic E-state index is 0.283. The lowest BCUT2D eigenvalue weighted by Gasteiger charge is -2.40. The van der Waals surface area contributed by atoms with E-state index in [9.17, 15) is 5.11 Å². The van der Waals surface area contributed by atoms with Crippen LogP contribution in [-0.4, -0.2) is 17.3 Å². The van der Waals surface area contributed by atoms with E-state index < -0.39 is 5.60 Å². The van der Waals surface area contributed by atoms with E-state index in [0.29, 0.717) is 12.0 Å². The summed E-state index contributed by atoms with van der Waals surface area (Å²) in [6, 6.07) is 8.87. The Morgan fingerprint density at radius 1 is 1.15 bits per heavy atom. The second kappa shape index (κ2) is 6.32. The van der Waals surface area contributed by atoms with Gasteiger partial charge in [0, 0.05) is 16.2 Å². The molecule has 1 aliphatic rings. The smallest absolute Gasteiger partial charge is 0.0772 e. The van der Waals surface area contributed by atoms with Gasteiger partial charge in [-0.1, -0.05) is 26.0 Å². The van der Waals surface area contributed by atoms with Gasteiger partial charge in [-0.15, -0.1) is 0 Å². The van der Waals surface area contributed by atoms with Gasteiger partial charge in [0.25, 0.3) is 0 Å². The van der Waals surface area contributed by atoms with Crippen molar-refractivity contribution in [3.05, 3.63) is 33.4 Å². The largest absolute Gasteiger partial charge is 0.389 e. The maximum absolute atomic E-state index is 10.7. The lowest BCUT2D eigenvalue weighted by molar-refractivity contribution is -0.0258. The number of halogens is 1. The van der Waals surface area contributed by atoms with Gasteiger partial charge in [0.05, 0.1) is 5.60 Å². The van der Waals surface area contributed by atoms with Gasteiger partial charge in [0.2, 0.25) is 0 Å². The molecule has 1 aromatic carbocycles. The first kappa shape index (κ1) is 16.2. The Balaban J connectivity index is 1.87. The van der Waals surface area contributed by atoms with E-state index in [-0.39, 0.29) is 6.04 Å². The van der Waals surface area contributed by atoms with Crippen LogP contribution in [0.2, 0.25) is 0 Å². The van der Waals surface area contributed by atoms with Crippen LogP contribution in [0, 0.1) is 8.99 Å². The average molecular weight is 387 g/mol. The molecule has 112 valence electrons. The highest BCUT2D eigenvalue weighted by Gasteiger charge is 2.36. The fraction of sp³-hybridized carbons (Fsp3) is 0.647. The quantitative estimate of drug-likeness (QED) is 0.757. The first-order valence-electron chi connectivity index (χ1n) is 7.51. The van der Waals surface area contributed by atoms with Crippen LogP contribution in [0.5, 0.6) is 0 Å². The third-order valence-electron chi connectivity index (χ3n) is 4.64. The monoisotopic (exact) mass is 387 g/mol. The van der Waals surface area contributed by atoms with Crippen molar-refractivity contribution in [2.45, 2.75) is 58.1 Å². The minimum atomic E-state index is -0.521. The summed E-state index contributed by atoms with van der Waals surface area (Å²) in [5, 5.41) is 14.2. The molecule has 1 atom stereocenters. The van der Waals surface area contributed by atoms with Crippen LogP contribution in [0.15, 0.2) is 24.3 Å². The Labute approximate surface area is 136 Å². The molecule has 0 saturated heterocycles. The van der Waals surface area contributed by atoms with Crippen molar-refractivity contribution in [2.75, 3.05) is 6.54 Å². The van der Waals surface area contributed by atoms with Gasteiger partial charge in [-0.2, -0.15) is 0 Å². The molecular weight excluding hydrogens is 361 g/mol. The van der Waals surface area contributed by atoms with Crippen LogP contribution >= 0.6 is 22.6 Å². The molecule has 0 bridgehead atoms. The number of hydrogen-bond acceptors (Lipinski definition) is 2. The van der Waals surface area contributed by atoms with Crippen molar-refractivity contribution in [1.82, 2.24) is 5.32 Å². The molecule has 0 heterocycles. The molecule has 2 rings (SSSR count). The third-order valence-corrected chi connectivity index (χ3v) is 5.36. The van der Waals surface area contributed by atoms with Crippen molar-refractivity contribution in [3.8, 4) is 0 Å². The Hall–Kier alpha value is -0.130. The molecule has 20 heavy (non-hydrogen) atoms. The van der Waals surface area contributed by atoms with E-state index in [4.69, 9.17) is 0 Å². The van der Waals surface area contributed by atoms with Crippen LogP contribution in [0.4, 0.5) is 0 Å². The third kappa shape index (κ3) is 4.43. The van der Waals surface area contributed by atoms with E-state index in [1.807, 2.05) is 0 Å². The Bertz CT molecular complexity index is 431. The summed E-state index contributed by atoms with van der Waals surface area (Å²) < 4.78 is 1.26. The van der Waals surface area contributed by atoms with Crippen LogP contribution in [0.1, 0.15) is 58.1 Å². The molecule has 2 N–H and O–H groups in total. The maximum Gasteiger partial charge on any atom is 0.0772 e. The predicted molar refractivity (Wildman–Crippen MR) is 92.8 cm³/mol. The van der Waals surface area contributed by atoms with E-state index in [2.05, 4.69) is 72.9 Å². The lowest BCUT2D eigenvalue weighted by Crippen LogP contribution is -2.45. The Morgan fingerprint density at radius 3 is 2.25 bits per heavy atom.